The highest BCUT2D eigenvalue weighted by Crippen LogP contribution is 2.29. The first-order valence-electron chi connectivity index (χ1n) is 9.52. The van der Waals surface area contributed by atoms with Gasteiger partial charge in [-0.3, -0.25) is 9.58 Å². The fraction of sp³-hybridized carbons (Fsp3) is 0.450. The van der Waals surface area contributed by atoms with Crippen LogP contribution in [0.4, 0.5) is 5.82 Å². The third kappa shape index (κ3) is 3.47. The molecule has 0 bridgehead atoms. The molecule has 3 aromatic heterocycles. The zero-order valence-electron chi connectivity index (χ0n) is 16.1. The molecule has 27 heavy (non-hydrogen) atoms. The van der Waals surface area contributed by atoms with E-state index < -0.39 is 0 Å². The van der Waals surface area contributed by atoms with Crippen molar-refractivity contribution < 1.29 is 0 Å². The predicted octanol–water partition coefficient (Wildman–Crippen LogP) is 2.69. The molecule has 142 valence electrons. The van der Waals surface area contributed by atoms with Crippen LogP contribution in [0.15, 0.2) is 31.0 Å². The SMILES string of the molecule is C=CCn1ncc(CN2CCC(c3cc(N)n4nc(C)cc4n3)CC2)c1C. The first-order valence-corrected chi connectivity index (χ1v) is 9.52. The molecule has 1 aliphatic rings. The van der Waals surface area contributed by atoms with Crippen molar-refractivity contribution in [2.75, 3.05) is 18.8 Å². The number of anilines is 1. The molecule has 1 fully saturated rings. The van der Waals surface area contributed by atoms with E-state index in [1.807, 2.05) is 36.0 Å². The number of nitrogens with zero attached hydrogens (tertiary/aromatic N) is 6. The predicted molar refractivity (Wildman–Crippen MR) is 107 cm³/mol. The molecule has 0 unspecified atom stereocenters. The van der Waals surface area contributed by atoms with E-state index in [1.54, 1.807) is 4.52 Å². The number of rotatable bonds is 5. The van der Waals surface area contributed by atoms with Gasteiger partial charge in [0.15, 0.2) is 5.65 Å². The molecule has 0 amide bonds. The number of piperidine rings is 1. The fourth-order valence-corrected chi connectivity index (χ4v) is 3.92. The van der Waals surface area contributed by atoms with Crippen LogP contribution in [0.3, 0.4) is 0 Å². The fourth-order valence-electron chi connectivity index (χ4n) is 3.92. The Hall–Kier alpha value is -2.67. The van der Waals surface area contributed by atoms with E-state index in [0.717, 1.165) is 56.1 Å². The lowest BCUT2D eigenvalue weighted by atomic mass is 9.93. The van der Waals surface area contributed by atoms with E-state index >= 15 is 0 Å². The van der Waals surface area contributed by atoms with E-state index in [9.17, 15) is 0 Å². The average Bonchev–Trinajstić information content (AvgIpc) is 3.20. The van der Waals surface area contributed by atoms with Crippen molar-refractivity contribution in [3.05, 3.63) is 53.6 Å². The second-order valence-electron chi connectivity index (χ2n) is 7.44. The quantitative estimate of drug-likeness (QED) is 0.704. The molecule has 0 radical (unpaired) electrons. The molecule has 4 rings (SSSR count). The Morgan fingerprint density at radius 2 is 2.04 bits per heavy atom. The monoisotopic (exact) mass is 365 g/mol. The Bertz CT molecular complexity index is 960. The Morgan fingerprint density at radius 1 is 1.26 bits per heavy atom. The van der Waals surface area contributed by atoms with Gasteiger partial charge in [-0.15, -0.1) is 6.58 Å². The van der Waals surface area contributed by atoms with E-state index in [-0.39, 0.29) is 0 Å². The highest BCUT2D eigenvalue weighted by atomic mass is 15.3. The van der Waals surface area contributed by atoms with Crippen LogP contribution in [0.25, 0.3) is 5.65 Å². The number of fused-ring (bicyclic) bond motifs is 1. The summed E-state index contributed by atoms with van der Waals surface area (Å²) in [5.74, 6) is 1.11. The van der Waals surface area contributed by atoms with Crippen molar-refractivity contribution in [3.63, 3.8) is 0 Å². The normalized spacial score (nSPS) is 16.2. The maximum absolute atomic E-state index is 6.18. The lowest BCUT2D eigenvalue weighted by Gasteiger charge is -2.31. The molecule has 3 aromatic rings. The summed E-state index contributed by atoms with van der Waals surface area (Å²) in [4.78, 5) is 7.31. The second kappa shape index (κ2) is 7.15. The number of nitrogens with two attached hydrogens (primary N) is 1. The standard InChI is InChI=1S/C20H27N7/c1-4-7-26-15(3)17(12-22-26)13-25-8-5-16(6-9-25)18-11-19(21)27-20(23-18)10-14(2)24-27/h4,10-12,16H,1,5-9,13,21H2,2-3H3. The molecular weight excluding hydrogens is 338 g/mol. The lowest BCUT2D eigenvalue weighted by molar-refractivity contribution is 0.203. The Morgan fingerprint density at radius 3 is 2.78 bits per heavy atom. The summed E-state index contributed by atoms with van der Waals surface area (Å²) in [6.45, 7) is 11.7. The number of aromatic nitrogens is 5. The van der Waals surface area contributed by atoms with E-state index in [0.29, 0.717) is 11.7 Å². The van der Waals surface area contributed by atoms with Crippen LogP contribution >= 0.6 is 0 Å². The van der Waals surface area contributed by atoms with Crippen LogP contribution in [-0.4, -0.2) is 42.4 Å². The van der Waals surface area contributed by atoms with Crippen LogP contribution in [0.5, 0.6) is 0 Å². The van der Waals surface area contributed by atoms with Gasteiger partial charge < -0.3 is 5.73 Å². The molecule has 1 aliphatic heterocycles. The minimum atomic E-state index is 0.452. The molecule has 1 saturated heterocycles. The Kier molecular flexibility index (Phi) is 4.70. The van der Waals surface area contributed by atoms with Gasteiger partial charge in [-0.2, -0.15) is 14.7 Å². The molecule has 0 spiro atoms. The summed E-state index contributed by atoms with van der Waals surface area (Å²) in [5.41, 5.74) is 11.6. The number of aryl methyl sites for hydroxylation is 1. The maximum atomic E-state index is 6.18. The van der Waals surface area contributed by atoms with Crippen LogP contribution < -0.4 is 5.73 Å². The zero-order chi connectivity index (χ0) is 19.0. The first-order chi connectivity index (χ1) is 13.0. The van der Waals surface area contributed by atoms with E-state index in [1.165, 1.54) is 11.3 Å². The zero-order valence-corrected chi connectivity index (χ0v) is 16.1. The van der Waals surface area contributed by atoms with Crippen LogP contribution in [0.2, 0.25) is 0 Å². The van der Waals surface area contributed by atoms with Gasteiger partial charge in [-0.05, 0) is 39.8 Å². The number of nitrogen functional groups attached to an aromatic ring is 1. The number of hydrogen-bond donors (Lipinski definition) is 1. The molecule has 0 aromatic carbocycles. The molecule has 0 aliphatic carbocycles. The summed E-state index contributed by atoms with van der Waals surface area (Å²) >= 11 is 0. The van der Waals surface area contributed by atoms with Gasteiger partial charge in [-0.25, -0.2) is 4.98 Å². The van der Waals surface area contributed by atoms with Crippen LogP contribution in [0.1, 0.15) is 41.4 Å². The summed E-state index contributed by atoms with van der Waals surface area (Å²) in [7, 11) is 0. The van der Waals surface area contributed by atoms with Crippen molar-refractivity contribution in [1.29, 1.82) is 0 Å². The van der Waals surface area contributed by atoms with Gasteiger partial charge in [0, 0.05) is 41.5 Å². The van der Waals surface area contributed by atoms with Gasteiger partial charge in [0.25, 0.3) is 0 Å². The first kappa shape index (κ1) is 17.7. The third-order valence-electron chi connectivity index (χ3n) is 5.50. The van der Waals surface area contributed by atoms with Gasteiger partial charge in [-0.1, -0.05) is 6.08 Å². The van der Waals surface area contributed by atoms with Gasteiger partial charge in [0.1, 0.15) is 5.82 Å². The van der Waals surface area contributed by atoms with Crippen LogP contribution in [0, 0.1) is 13.8 Å². The molecular formula is C20H27N7. The topological polar surface area (TPSA) is 77.3 Å². The summed E-state index contributed by atoms with van der Waals surface area (Å²) in [6.07, 6.45) is 6.06. The minimum Gasteiger partial charge on any atom is -0.384 e. The molecule has 0 saturated carbocycles. The highest BCUT2D eigenvalue weighted by Gasteiger charge is 2.23. The Balaban J connectivity index is 1.42. The number of likely N-dealkylation sites (tertiary alicyclic amines) is 1. The van der Waals surface area contributed by atoms with Gasteiger partial charge >= 0.3 is 0 Å². The van der Waals surface area contributed by atoms with Gasteiger partial charge in [0.2, 0.25) is 0 Å². The van der Waals surface area contributed by atoms with Crippen molar-refractivity contribution >= 4 is 11.5 Å². The lowest BCUT2D eigenvalue weighted by Crippen LogP contribution is -2.33. The molecule has 4 heterocycles. The number of allylic oxidation sites excluding steroid dienone is 1. The highest BCUT2D eigenvalue weighted by molar-refractivity contribution is 5.48. The summed E-state index contributed by atoms with van der Waals surface area (Å²) in [6, 6.07) is 3.97. The summed E-state index contributed by atoms with van der Waals surface area (Å²) in [5, 5.41) is 8.85. The van der Waals surface area contributed by atoms with E-state index in [2.05, 4.69) is 28.6 Å². The molecule has 0 atom stereocenters. The second-order valence-corrected chi connectivity index (χ2v) is 7.44. The van der Waals surface area contributed by atoms with Crippen molar-refractivity contribution in [2.45, 2.75) is 45.7 Å². The summed E-state index contributed by atoms with van der Waals surface area (Å²) < 4.78 is 3.72. The smallest absolute Gasteiger partial charge is 0.157 e. The number of hydrogen-bond acceptors (Lipinski definition) is 5. The largest absolute Gasteiger partial charge is 0.384 e. The van der Waals surface area contributed by atoms with Crippen molar-refractivity contribution in [3.8, 4) is 0 Å². The Labute approximate surface area is 159 Å². The maximum Gasteiger partial charge on any atom is 0.157 e. The molecule has 2 N–H and O–H groups in total. The molecule has 7 nitrogen and oxygen atoms in total. The average molecular weight is 365 g/mol. The van der Waals surface area contributed by atoms with Gasteiger partial charge in [0.05, 0.1) is 18.4 Å². The van der Waals surface area contributed by atoms with Crippen LogP contribution in [-0.2, 0) is 13.1 Å². The van der Waals surface area contributed by atoms with E-state index in [4.69, 9.17) is 10.7 Å². The van der Waals surface area contributed by atoms with Crippen molar-refractivity contribution in [2.24, 2.45) is 0 Å². The molecule has 7 heteroatoms. The third-order valence-corrected chi connectivity index (χ3v) is 5.50. The van der Waals surface area contributed by atoms with Crippen molar-refractivity contribution in [1.82, 2.24) is 29.3 Å². The minimum absolute atomic E-state index is 0.452.